The van der Waals surface area contributed by atoms with Crippen LogP contribution in [0.25, 0.3) is 5.69 Å². The summed E-state index contributed by atoms with van der Waals surface area (Å²) in [6, 6.07) is 10.0. The molecule has 5 heteroatoms. The van der Waals surface area contributed by atoms with Gasteiger partial charge in [-0.05, 0) is 82.7 Å². The zero-order valence-corrected chi connectivity index (χ0v) is 17.5. The smallest absolute Gasteiger partial charge is 0.253 e. The first-order chi connectivity index (χ1) is 12.4. The van der Waals surface area contributed by atoms with E-state index in [1.807, 2.05) is 13.0 Å². The summed E-state index contributed by atoms with van der Waals surface area (Å²) in [5.41, 5.74) is 6.53. The largest absolute Gasteiger partial charge is 0.349 e. The Bertz CT molecular complexity index is 825. The second-order valence-electron chi connectivity index (χ2n) is 8.25. The van der Waals surface area contributed by atoms with Gasteiger partial charge in [-0.15, -0.1) is 12.4 Å². The normalized spacial score (nSPS) is 23.8. The van der Waals surface area contributed by atoms with E-state index in [0.717, 1.165) is 35.5 Å². The molecule has 1 aromatic carbocycles. The molecule has 2 N–H and O–H groups in total. The lowest BCUT2D eigenvalue weighted by molar-refractivity contribution is 0.0923. The Morgan fingerprint density at radius 3 is 2.19 bits per heavy atom. The number of aromatic nitrogens is 1. The number of piperidine rings is 1. The number of fused-ring (bicyclic) bond motifs is 2. The van der Waals surface area contributed by atoms with Gasteiger partial charge in [0.2, 0.25) is 0 Å². The maximum atomic E-state index is 13.0. The highest BCUT2D eigenvalue weighted by atomic mass is 35.5. The molecule has 0 aliphatic carbocycles. The molecular formula is C22H30ClN3O. The predicted octanol–water partition coefficient (Wildman–Crippen LogP) is 4.15. The molecule has 2 bridgehead atoms. The van der Waals surface area contributed by atoms with Crippen molar-refractivity contribution in [2.45, 2.75) is 71.5 Å². The Hall–Kier alpha value is -1.78. The van der Waals surface area contributed by atoms with Crippen molar-refractivity contribution in [3.8, 4) is 5.69 Å². The van der Waals surface area contributed by atoms with Crippen LogP contribution in [0.1, 0.15) is 58.6 Å². The van der Waals surface area contributed by atoms with Crippen LogP contribution < -0.4 is 10.6 Å². The highest BCUT2D eigenvalue weighted by Gasteiger charge is 2.34. The van der Waals surface area contributed by atoms with Gasteiger partial charge in [-0.25, -0.2) is 0 Å². The molecule has 0 radical (unpaired) electrons. The van der Waals surface area contributed by atoms with Crippen molar-refractivity contribution >= 4 is 18.3 Å². The lowest BCUT2D eigenvalue weighted by Crippen LogP contribution is -2.48. The van der Waals surface area contributed by atoms with Crippen molar-refractivity contribution in [1.82, 2.24) is 15.2 Å². The summed E-state index contributed by atoms with van der Waals surface area (Å²) in [4.78, 5) is 13.0. The molecule has 3 heterocycles. The van der Waals surface area contributed by atoms with Gasteiger partial charge in [0, 0.05) is 35.2 Å². The van der Waals surface area contributed by atoms with Gasteiger partial charge in [-0.1, -0.05) is 6.07 Å². The summed E-state index contributed by atoms with van der Waals surface area (Å²) in [5, 5.41) is 6.93. The number of nitrogens with zero attached hydrogens (tertiary/aromatic N) is 1. The monoisotopic (exact) mass is 387 g/mol. The van der Waals surface area contributed by atoms with E-state index in [-0.39, 0.29) is 18.3 Å². The van der Waals surface area contributed by atoms with E-state index >= 15 is 0 Å². The fourth-order valence-corrected chi connectivity index (χ4v) is 4.91. The number of carbonyl (C=O) groups is 1. The Labute approximate surface area is 168 Å². The summed E-state index contributed by atoms with van der Waals surface area (Å²) in [7, 11) is 0. The minimum absolute atomic E-state index is 0. The number of hydrogen-bond donors (Lipinski definition) is 2. The van der Waals surface area contributed by atoms with Crippen molar-refractivity contribution in [3.05, 3.63) is 52.3 Å². The third-order valence-electron chi connectivity index (χ3n) is 5.95. The second kappa shape index (κ2) is 7.69. The fraction of sp³-hybridized carbons (Fsp3) is 0.500. The summed E-state index contributed by atoms with van der Waals surface area (Å²) in [6.07, 6.45) is 4.60. The number of halogens is 1. The van der Waals surface area contributed by atoms with E-state index in [0.29, 0.717) is 18.1 Å². The number of amides is 1. The molecule has 27 heavy (non-hydrogen) atoms. The Morgan fingerprint density at radius 1 is 1.00 bits per heavy atom. The van der Waals surface area contributed by atoms with Crippen LogP contribution in [0.5, 0.6) is 0 Å². The fourth-order valence-electron chi connectivity index (χ4n) is 4.91. The van der Waals surface area contributed by atoms with Gasteiger partial charge >= 0.3 is 0 Å². The van der Waals surface area contributed by atoms with Gasteiger partial charge < -0.3 is 15.2 Å². The maximum absolute atomic E-state index is 13.0. The maximum Gasteiger partial charge on any atom is 0.253 e. The van der Waals surface area contributed by atoms with Gasteiger partial charge in [-0.2, -0.15) is 0 Å². The quantitative estimate of drug-likeness (QED) is 0.831. The van der Waals surface area contributed by atoms with Crippen LogP contribution in [-0.2, 0) is 0 Å². The molecule has 2 atom stereocenters. The molecule has 4 rings (SSSR count). The Balaban J connectivity index is 0.00000210. The molecule has 0 saturated carbocycles. The summed E-state index contributed by atoms with van der Waals surface area (Å²) in [5.74, 6) is 0.0695. The first-order valence-electron chi connectivity index (χ1n) is 9.75. The minimum Gasteiger partial charge on any atom is -0.349 e. The van der Waals surface area contributed by atoms with E-state index in [2.05, 4.69) is 54.2 Å². The average molecular weight is 388 g/mol. The van der Waals surface area contributed by atoms with E-state index in [9.17, 15) is 4.79 Å². The van der Waals surface area contributed by atoms with Crippen LogP contribution in [0, 0.1) is 27.7 Å². The molecule has 146 valence electrons. The molecule has 2 aliphatic heterocycles. The summed E-state index contributed by atoms with van der Waals surface area (Å²) in [6.45, 7) is 8.35. The second-order valence-corrected chi connectivity index (χ2v) is 8.25. The lowest BCUT2D eigenvalue weighted by atomic mass is 9.99. The molecule has 0 spiro atoms. The van der Waals surface area contributed by atoms with Crippen molar-refractivity contribution in [2.75, 3.05) is 0 Å². The number of nitrogens with one attached hydrogen (secondary N) is 2. The molecule has 2 aliphatic rings. The molecule has 2 fully saturated rings. The van der Waals surface area contributed by atoms with E-state index in [1.54, 1.807) is 0 Å². The molecular weight excluding hydrogens is 358 g/mol. The van der Waals surface area contributed by atoms with Gasteiger partial charge in [0.15, 0.2) is 0 Å². The van der Waals surface area contributed by atoms with Gasteiger partial charge in [0.05, 0.1) is 5.56 Å². The van der Waals surface area contributed by atoms with Crippen molar-refractivity contribution < 1.29 is 4.79 Å². The van der Waals surface area contributed by atoms with Gasteiger partial charge in [0.1, 0.15) is 0 Å². The van der Waals surface area contributed by atoms with E-state index < -0.39 is 0 Å². The highest BCUT2D eigenvalue weighted by molar-refractivity contribution is 5.96. The van der Waals surface area contributed by atoms with Crippen LogP contribution in [0.15, 0.2) is 24.3 Å². The third-order valence-corrected chi connectivity index (χ3v) is 5.95. The van der Waals surface area contributed by atoms with Crippen LogP contribution >= 0.6 is 12.4 Å². The zero-order valence-electron chi connectivity index (χ0n) is 16.6. The SMILES string of the molecule is Cc1cc(C)cc(-n2c(C)cc(C(=O)NC3CC4CCC(C3)N4)c2C)c1.Cl. The van der Waals surface area contributed by atoms with E-state index in [4.69, 9.17) is 0 Å². The number of benzene rings is 1. The molecule has 4 nitrogen and oxygen atoms in total. The third kappa shape index (κ3) is 3.92. The van der Waals surface area contributed by atoms with Crippen molar-refractivity contribution in [3.63, 3.8) is 0 Å². The Kier molecular flexibility index (Phi) is 5.68. The van der Waals surface area contributed by atoms with Crippen LogP contribution in [0.3, 0.4) is 0 Å². The highest BCUT2D eigenvalue weighted by Crippen LogP contribution is 2.28. The summed E-state index contributed by atoms with van der Waals surface area (Å²) >= 11 is 0. The summed E-state index contributed by atoms with van der Waals surface area (Å²) < 4.78 is 2.20. The first kappa shape index (κ1) is 20.0. The number of hydrogen-bond acceptors (Lipinski definition) is 2. The number of aryl methyl sites for hydroxylation is 3. The van der Waals surface area contributed by atoms with Crippen LogP contribution in [-0.4, -0.2) is 28.6 Å². The van der Waals surface area contributed by atoms with Crippen molar-refractivity contribution in [1.29, 1.82) is 0 Å². The van der Waals surface area contributed by atoms with Gasteiger partial charge in [0.25, 0.3) is 5.91 Å². The van der Waals surface area contributed by atoms with Crippen LogP contribution in [0.2, 0.25) is 0 Å². The molecule has 1 amide bonds. The number of carbonyl (C=O) groups excluding carboxylic acids is 1. The van der Waals surface area contributed by atoms with Crippen molar-refractivity contribution in [2.24, 2.45) is 0 Å². The molecule has 2 unspecified atom stereocenters. The predicted molar refractivity (Wildman–Crippen MR) is 112 cm³/mol. The molecule has 2 saturated heterocycles. The topological polar surface area (TPSA) is 46.1 Å². The first-order valence-corrected chi connectivity index (χ1v) is 9.75. The average Bonchev–Trinajstić information content (AvgIpc) is 3.05. The minimum atomic E-state index is 0. The Morgan fingerprint density at radius 2 is 1.59 bits per heavy atom. The molecule has 2 aromatic rings. The van der Waals surface area contributed by atoms with E-state index in [1.165, 1.54) is 24.0 Å². The number of rotatable bonds is 3. The zero-order chi connectivity index (χ0) is 18.4. The standard InChI is InChI=1S/C22H29N3O.ClH/c1-13-7-14(2)9-20(8-13)25-15(3)10-21(16(25)4)22(26)24-19-11-17-5-6-18(12-19)23-17;/h7-10,17-19,23H,5-6,11-12H2,1-4H3,(H,24,26);1H. The molecule has 1 aromatic heterocycles. The van der Waals surface area contributed by atoms with Gasteiger partial charge in [-0.3, -0.25) is 4.79 Å². The van der Waals surface area contributed by atoms with Crippen LogP contribution in [0.4, 0.5) is 0 Å². The lowest BCUT2D eigenvalue weighted by Gasteiger charge is -2.29.